The maximum Gasteiger partial charge on any atom is 0.123 e. The van der Waals surface area contributed by atoms with Gasteiger partial charge in [0.1, 0.15) is 5.82 Å². The molecule has 3 N–H and O–H groups in total. The summed E-state index contributed by atoms with van der Waals surface area (Å²) in [6.45, 7) is 4.37. The molecular weight excluding hydrogens is 387 g/mol. The van der Waals surface area contributed by atoms with Crippen molar-refractivity contribution in [3.05, 3.63) is 59.1 Å². The molecule has 0 spiro atoms. The van der Waals surface area contributed by atoms with Crippen molar-refractivity contribution < 1.29 is 9.50 Å². The topological polar surface area (TPSA) is 73.9 Å². The van der Waals surface area contributed by atoms with Crippen LogP contribution >= 0.6 is 15.9 Å². The molecule has 0 aliphatic rings. The van der Waals surface area contributed by atoms with Crippen molar-refractivity contribution >= 4 is 22.1 Å². The lowest BCUT2D eigenvalue weighted by molar-refractivity contribution is 0.198. The van der Waals surface area contributed by atoms with Crippen LogP contribution in [0.1, 0.15) is 31.2 Å². The van der Waals surface area contributed by atoms with Crippen molar-refractivity contribution in [2.24, 2.45) is 0 Å². The van der Waals surface area contributed by atoms with Crippen LogP contribution in [0.3, 0.4) is 0 Å². The lowest BCUT2D eigenvalue weighted by atomic mass is 10.1. The number of halogens is 2. The first-order valence-corrected chi connectivity index (χ1v) is 9.15. The van der Waals surface area contributed by atoms with Gasteiger partial charge in [0.25, 0.3) is 0 Å². The lowest BCUT2D eigenvalue weighted by Crippen LogP contribution is -2.18. The number of nitrogens with zero attached hydrogens (tertiary/aromatic N) is 2. The number of nitrogens with one attached hydrogen (secondary N) is 2. The normalized spacial score (nSPS) is 13.3. The molecule has 1 heterocycles. The molecule has 2 rings (SSSR count). The molecule has 0 radical (unpaired) electrons. The van der Waals surface area contributed by atoms with E-state index in [0.29, 0.717) is 23.0 Å². The largest absolute Gasteiger partial charge is 0.389 e. The highest BCUT2D eigenvalue weighted by Crippen LogP contribution is 2.25. The molecule has 0 saturated heterocycles. The van der Waals surface area contributed by atoms with Gasteiger partial charge in [-0.05, 0) is 37.6 Å². The van der Waals surface area contributed by atoms with E-state index in [0.717, 1.165) is 23.5 Å². The lowest BCUT2D eigenvalue weighted by Gasteiger charge is -2.16. The molecule has 0 saturated carbocycles. The third kappa shape index (κ3) is 4.55. The Hall–Kier alpha value is -1.99. The Balaban J connectivity index is 2.46. The molecule has 2 aromatic rings. The van der Waals surface area contributed by atoms with E-state index in [1.54, 1.807) is 25.5 Å². The predicted molar refractivity (Wildman–Crippen MR) is 101 cm³/mol. The van der Waals surface area contributed by atoms with Gasteiger partial charge in [-0.2, -0.15) is 0 Å². The highest BCUT2D eigenvalue weighted by atomic mass is 79.9. The SMILES string of the molecule is CCN/C(CBr)=C(\C=N)Cc1cncn1-c1ccc(F)cc1C(C)O. The molecule has 1 aromatic heterocycles. The summed E-state index contributed by atoms with van der Waals surface area (Å²) in [5.74, 6) is -0.393. The second kappa shape index (κ2) is 8.92. The summed E-state index contributed by atoms with van der Waals surface area (Å²) >= 11 is 3.44. The Morgan fingerprint density at radius 1 is 1.52 bits per heavy atom. The fourth-order valence-corrected chi connectivity index (χ4v) is 3.21. The summed E-state index contributed by atoms with van der Waals surface area (Å²) in [6.07, 6.45) is 4.37. The second-order valence-corrected chi connectivity index (χ2v) is 6.18. The Bertz CT molecular complexity index is 770. The second-order valence-electron chi connectivity index (χ2n) is 5.62. The average Bonchev–Trinajstić information content (AvgIpc) is 3.05. The van der Waals surface area contributed by atoms with Gasteiger partial charge in [0, 0.05) is 47.7 Å². The Morgan fingerprint density at radius 2 is 2.28 bits per heavy atom. The Morgan fingerprint density at radius 3 is 2.88 bits per heavy atom. The molecule has 1 atom stereocenters. The molecule has 134 valence electrons. The summed E-state index contributed by atoms with van der Waals surface area (Å²) in [7, 11) is 0. The van der Waals surface area contributed by atoms with Gasteiger partial charge < -0.3 is 20.4 Å². The number of hydrogen-bond donors (Lipinski definition) is 3. The molecule has 0 aliphatic heterocycles. The van der Waals surface area contributed by atoms with E-state index in [9.17, 15) is 9.50 Å². The van der Waals surface area contributed by atoms with E-state index in [4.69, 9.17) is 5.41 Å². The van der Waals surface area contributed by atoms with Crippen molar-refractivity contribution in [1.82, 2.24) is 14.9 Å². The zero-order valence-corrected chi connectivity index (χ0v) is 15.8. The minimum atomic E-state index is -0.807. The van der Waals surface area contributed by atoms with Crippen LogP contribution in [-0.2, 0) is 6.42 Å². The highest BCUT2D eigenvalue weighted by molar-refractivity contribution is 9.09. The van der Waals surface area contributed by atoms with E-state index in [2.05, 4.69) is 26.2 Å². The predicted octanol–water partition coefficient (Wildman–Crippen LogP) is 3.52. The Kier molecular flexibility index (Phi) is 6.90. The minimum absolute atomic E-state index is 0.393. The van der Waals surface area contributed by atoms with Gasteiger partial charge >= 0.3 is 0 Å². The van der Waals surface area contributed by atoms with Gasteiger partial charge in [-0.25, -0.2) is 9.37 Å². The molecule has 7 heteroatoms. The molecule has 5 nitrogen and oxygen atoms in total. The van der Waals surface area contributed by atoms with Crippen LogP contribution in [0.15, 0.2) is 42.0 Å². The summed E-state index contributed by atoms with van der Waals surface area (Å²) in [6, 6.07) is 4.33. The van der Waals surface area contributed by atoms with Crippen LogP contribution in [0.4, 0.5) is 4.39 Å². The number of alkyl halides is 1. The standard InChI is InChI=1S/C18H22BrFN4O/c1-3-23-17(8-19)13(9-21)6-15-10-22-11-24(15)18-5-4-14(20)7-16(18)12(2)25/h4-5,7,9-12,21,23,25H,3,6,8H2,1-2H3/b17-13-,21-9?. The first-order chi connectivity index (χ1) is 12.0. The third-order valence-electron chi connectivity index (χ3n) is 3.87. The maximum absolute atomic E-state index is 13.6. The quantitative estimate of drug-likeness (QED) is 0.462. The third-order valence-corrected chi connectivity index (χ3v) is 4.43. The van der Waals surface area contributed by atoms with Crippen LogP contribution in [-0.4, -0.2) is 32.7 Å². The molecule has 0 fully saturated rings. The van der Waals surface area contributed by atoms with Gasteiger partial charge in [-0.1, -0.05) is 15.9 Å². The van der Waals surface area contributed by atoms with Crippen LogP contribution < -0.4 is 5.32 Å². The smallest absolute Gasteiger partial charge is 0.123 e. The summed E-state index contributed by atoms with van der Waals surface area (Å²) in [5, 5.41) is 21.6. The van der Waals surface area contributed by atoms with Gasteiger partial charge in [0.05, 0.1) is 18.1 Å². The fourth-order valence-electron chi connectivity index (χ4n) is 2.65. The number of aliphatic hydroxyl groups is 1. The first kappa shape index (κ1) is 19.3. The van der Waals surface area contributed by atoms with E-state index in [1.807, 2.05) is 11.5 Å². The number of hydrogen-bond acceptors (Lipinski definition) is 4. The number of imidazole rings is 1. The van der Waals surface area contributed by atoms with Gasteiger partial charge in [-0.15, -0.1) is 0 Å². The van der Waals surface area contributed by atoms with Crippen LogP contribution in [0.25, 0.3) is 5.69 Å². The van der Waals surface area contributed by atoms with Gasteiger partial charge in [-0.3, -0.25) is 0 Å². The first-order valence-electron chi connectivity index (χ1n) is 8.03. The number of rotatable bonds is 8. The monoisotopic (exact) mass is 408 g/mol. The zero-order chi connectivity index (χ0) is 18.4. The summed E-state index contributed by atoms with van der Waals surface area (Å²) in [4.78, 5) is 4.20. The van der Waals surface area contributed by atoms with Crippen molar-refractivity contribution in [3.8, 4) is 5.69 Å². The van der Waals surface area contributed by atoms with Crippen molar-refractivity contribution in [3.63, 3.8) is 0 Å². The van der Waals surface area contributed by atoms with Gasteiger partial charge in [0.2, 0.25) is 0 Å². The summed E-state index contributed by atoms with van der Waals surface area (Å²) < 4.78 is 15.4. The van der Waals surface area contributed by atoms with E-state index >= 15 is 0 Å². The minimum Gasteiger partial charge on any atom is -0.389 e. The zero-order valence-electron chi connectivity index (χ0n) is 14.3. The van der Waals surface area contributed by atoms with Crippen LogP contribution in [0.5, 0.6) is 0 Å². The van der Waals surface area contributed by atoms with E-state index in [-0.39, 0.29) is 0 Å². The Labute approximate surface area is 155 Å². The average molecular weight is 409 g/mol. The molecule has 0 amide bonds. The fraction of sp³-hybridized carbons (Fsp3) is 0.333. The van der Waals surface area contributed by atoms with Gasteiger partial charge in [0.15, 0.2) is 0 Å². The molecule has 0 aliphatic carbocycles. The molecule has 1 aromatic carbocycles. The maximum atomic E-state index is 13.6. The highest BCUT2D eigenvalue weighted by Gasteiger charge is 2.15. The molecule has 25 heavy (non-hydrogen) atoms. The van der Waals surface area contributed by atoms with E-state index in [1.165, 1.54) is 18.3 Å². The number of benzene rings is 1. The van der Waals surface area contributed by atoms with E-state index < -0.39 is 11.9 Å². The molecular formula is C18H22BrFN4O. The number of aromatic nitrogens is 2. The summed E-state index contributed by atoms with van der Waals surface area (Å²) in [5.41, 5.74) is 3.80. The van der Waals surface area contributed by atoms with Crippen LogP contribution in [0.2, 0.25) is 0 Å². The van der Waals surface area contributed by atoms with Crippen LogP contribution in [0, 0.1) is 11.2 Å². The number of allylic oxidation sites excluding steroid dienone is 2. The van der Waals surface area contributed by atoms with Crippen molar-refractivity contribution in [2.75, 3.05) is 11.9 Å². The van der Waals surface area contributed by atoms with Crippen molar-refractivity contribution in [2.45, 2.75) is 26.4 Å². The number of aliphatic hydroxyl groups excluding tert-OH is 1. The molecule has 0 bridgehead atoms. The molecule has 1 unspecified atom stereocenters. The van der Waals surface area contributed by atoms with Crippen molar-refractivity contribution in [1.29, 1.82) is 5.41 Å².